The Morgan fingerprint density at radius 1 is 1.43 bits per heavy atom. The van der Waals surface area contributed by atoms with Gasteiger partial charge in [0.15, 0.2) is 0 Å². The van der Waals surface area contributed by atoms with Gasteiger partial charge in [0.05, 0.1) is 17.2 Å². The zero-order chi connectivity index (χ0) is 14.8. The molecule has 2 heterocycles. The molecule has 1 atom stereocenters. The van der Waals surface area contributed by atoms with Crippen LogP contribution in [0, 0.1) is 16.0 Å². The Labute approximate surface area is 121 Å². The molecule has 2 aliphatic rings. The number of hydrogen-bond acceptors (Lipinski definition) is 5. The van der Waals surface area contributed by atoms with Crippen LogP contribution in [0.3, 0.4) is 0 Å². The maximum atomic E-state index is 11.4. The van der Waals surface area contributed by atoms with Gasteiger partial charge in [-0.25, -0.2) is 0 Å². The molecule has 1 fully saturated rings. The maximum absolute atomic E-state index is 11.4. The van der Waals surface area contributed by atoms with E-state index in [1.165, 1.54) is 6.07 Å². The first-order valence-electron chi connectivity index (χ1n) is 7.06. The van der Waals surface area contributed by atoms with Crippen molar-refractivity contribution in [3.05, 3.63) is 27.8 Å². The van der Waals surface area contributed by atoms with Gasteiger partial charge in [-0.05, 0) is 24.5 Å². The van der Waals surface area contributed by atoms with Crippen molar-refractivity contribution in [2.75, 3.05) is 30.4 Å². The van der Waals surface area contributed by atoms with E-state index in [0.29, 0.717) is 43.3 Å². The standard InChI is InChI=1S/C14H17N3O4/c18-14-2-1-10-5-12(15-7-9-3-4-21-8-9)13(17(19)20)6-11(10)16-14/h5-6,9,15H,1-4,7-8H2,(H,16,18). The smallest absolute Gasteiger partial charge is 0.294 e. The van der Waals surface area contributed by atoms with E-state index in [-0.39, 0.29) is 11.6 Å². The van der Waals surface area contributed by atoms with Crippen molar-refractivity contribution < 1.29 is 14.5 Å². The molecule has 21 heavy (non-hydrogen) atoms. The van der Waals surface area contributed by atoms with Gasteiger partial charge < -0.3 is 15.4 Å². The molecule has 0 saturated carbocycles. The molecule has 0 aliphatic carbocycles. The summed E-state index contributed by atoms with van der Waals surface area (Å²) < 4.78 is 5.30. The molecular formula is C14H17N3O4. The van der Waals surface area contributed by atoms with Crippen LogP contribution in [0.5, 0.6) is 0 Å². The highest BCUT2D eigenvalue weighted by molar-refractivity contribution is 5.95. The summed E-state index contributed by atoms with van der Waals surface area (Å²) in [5.41, 5.74) is 2.00. The summed E-state index contributed by atoms with van der Waals surface area (Å²) >= 11 is 0. The molecule has 0 radical (unpaired) electrons. The SMILES string of the molecule is O=C1CCc2cc(NCC3CCOC3)c([N+](=O)[O-])cc2N1. The highest BCUT2D eigenvalue weighted by Gasteiger charge is 2.23. The molecule has 7 heteroatoms. The Balaban J connectivity index is 1.83. The van der Waals surface area contributed by atoms with E-state index >= 15 is 0 Å². The maximum Gasteiger partial charge on any atom is 0.294 e. The van der Waals surface area contributed by atoms with E-state index in [2.05, 4.69) is 10.6 Å². The molecule has 0 spiro atoms. The second-order valence-corrected chi connectivity index (χ2v) is 5.44. The zero-order valence-electron chi connectivity index (χ0n) is 11.6. The van der Waals surface area contributed by atoms with Crippen LogP contribution in [-0.4, -0.2) is 30.6 Å². The van der Waals surface area contributed by atoms with Crippen LogP contribution in [-0.2, 0) is 16.0 Å². The van der Waals surface area contributed by atoms with E-state index in [1.54, 1.807) is 6.07 Å². The van der Waals surface area contributed by atoms with Gasteiger partial charge in [0.1, 0.15) is 5.69 Å². The normalized spacial score (nSPS) is 20.8. The fourth-order valence-electron chi connectivity index (χ4n) is 2.71. The Bertz CT molecular complexity index is 582. The summed E-state index contributed by atoms with van der Waals surface area (Å²) in [5, 5.41) is 17.1. The summed E-state index contributed by atoms with van der Waals surface area (Å²) in [6, 6.07) is 3.22. The van der Waals surface area contributed by atoms with Gasteiger partial charge in [0, 0.05) is 31.6 Å². The number of anilines is 2. The summed E-state index contributed by atoms with van der Waals surface area (Å²) in [6.07, 6.45) is 2.00. The molecule has 112 valence electrons. The number of hydrogen-bond donors (Lipinski definition) is 2. The number of carbonyl (C=O) groups is 1. The Morgan fingerprint density at radius 3 is 3.00 bits per heavy atom. The molecule has 0 aromatic heterocycles. The van der Waals surface area contributed by atoms with Crippen LogP contribution < -0.4 is 10.6 Å². The third kappa shape index (κ3) is 2.97. The van der Waals surface area contributed by atoms with Crippen molar-refractivity contribution in [2.45, 2.75) is 19.3 Å². The van der Waals surface area contributed by atoms with Crippen LogP contribution in [0.2, 0.25) is 0 Å². The van der Waals surface area contributed by atoms with Crippen LogP contribution in [0.25, 0.3) is 0 Å². The molecule has 0 bridgehead atoms. The molecule has 1 unspecified atom stereocenters. The van der Waals surface area contributed by atoms with Crippen molar-refractivity contribution in [3.8, 4) is 0 Å². The largest absolute Gasteiger partial charge is 0.381 e. The monoisotopic (exact) mass is 291 g/mol. The third-order valence-electron chi connectivity index (χ3n) is 3.92. The average Bonchev–Trinajstić information content (AvgIpc) is 2.97. The summed E-state index contributed by atoms with van der Waals surface area (Å²) in [4.78, 5) is 22.2. The lowest BCUT2D eigenvalue weighted by molar-refractivity contribution is -0.383. The highest BCUT2D eigenvalue weighted by atomic mass is 16.6. The van der Waals surface area contributed by atoms with Crippen molar-refractivity contribution in [2.24, 2.45) is 5.92 Å². The van der Waals surface area contributed by atoms with Gasteiger partial charge in [-0.2, -0.15) is 0 Å². The van der Waals surface area contributed by atoms with Gasteiger partial charge in [0.2, 0.25) is 5.91 Å². The van der Waals surface area contributed by atoms with Gasteiger partial charge in [-0.15, -0.1) is 0 Å². The fraction of sp³-hybridized carbons (Fsp3) is 0.500. The highest BCUT2D eigenvalue weighted by Crippen LogP contribution is 2.34. The number of carbonyl (C=O) groups excluding carboxylic acids is 1. The van der Waals surface area contributed by atoms with Crippen LogP contribution in [0.1, 0.15) is 18.4 Å². The Morgan fingerprint density at radius 2 is 2.29 bits per heavy atom. The van der Waals surface area contributed by atoms with E-state index in [9.17, 15) is 14.9 Å². The number of benzene rings is 1. The minimum absolute atomic E-state index is 0.00475. The number of fused-ring (bicyclic) bond motifs is 1. The first kappa shape index (κ1) is 13.8. The minimum atomic E-state index is -0.422. The summed E-state index contributed by atoms with van der Waals surface area (Å²) in [5.74, 6) is 0.293. The quantitative estimate of drug-likeness (QED) is 0.653. The third-order valence-corrected chi connectivity index (χ3v) is 3.92. The second-order valence-electron chi connectivity index (χ2n) is 5.44. The zero-order valence-corrected chi connectivity index (χ0v) is 11.6. The number of nitro groups is 1. The summed E-state index contributed by atoms with van der Waals surface area (Å²) in [6.45, 7) is 2.11. The Hall–Kier alpha value is -2.15. The summed E-state index contributed by atoms with van der Waals surface area (Å²) in [7, 11) is 0. The minimum Gasteiger partial charge on any atom is -0.381 e. The number of rotatable bonds is 4. The molecule has 1 aromatic rings. The molecule has 1 aromatic carbocycles. The molecule has 2 aliphatic heterocycles. The number of nitrogens with zero attached hydrogens (tertiary/aromatic N) is 1. The lowest BCUT2D eigenvalue weighted by atomic mass is 10.0. The fourth-order valence-corrected chi connectivity index (χ4v) is 2.71. The van der Waals surface area contributed by atoms with Gasteiger partial charge >= 0.3 is 0 Å². The second kappa shape index (κ2) is 5.69. The number of ether oxygens (including phenoxy) is 1. The van der Waals surface area contributed by atoms with E-state index in [4.69, 9.17) is 4.74 Å². The van der Waals surface area contributed by atoms with Crippen molar-refractivity contribution in [3.63, 3.8) is 0 Å². The lowest BCUT2D eigenvalue weighted by Crippen LogP contribution is -2.20. The molecular weight excluding hydrogens is 274 g/mol. The van der Waals surface area contributed by atoms with Gasteiger partial charge in [-0.3, -0.25) is 14.9 Å². The molecule has 7 nitrogen and oxygen atoms in total. The molecule has 1 amide bonds. The molecule has 1 saturated heterocycles. The van der Waals surface area contributed by atoms with E-state index in [1.807, 2.05) is 0 Å². The topological polar surface area (TPSA) is 93.5 Å². The van der Waals surface area contributed by atoms with Crippen LogP contribution in [0.15, 0.2) is 12.1 Å². The lowest BCUT2D eigenvalue weighted by Gasteiger charge is -2.19. The van der Waals surface area contributed by atoms with Crippen molar-refractivity contribution in [1.29, 1.82) is 0 Å². The number of aryl methyl sites for hydroxylation is 1. The van der Waals surface area contributed by atoms with Gasteiger partial charge in [0.25, 0.3) is 5.69 Å². The Kier molecular flexibility index (Phi) is 3.74. The first-order valence-corrected chi connectivity index (χ1v) is 7.06. The molecule has 3 rings (SSSR count). The van der Waals surface area contributed by atoms with Crippen LogP contribution in [0.4, 0.5) is 17.1 Å². The molecule has 2 N–H and O–H groups in total. The first-order chi connectivity index (χ1) is 10.1. The van der Waals surface area contributed by atoms with Gasteiger partial charge in [-0.1, -0.05) is 0 Å². The average molecular weight is 291 g/mol. The van der Waals surface area contributed by atoms with Crippen molar-refractivity contribution in [1.82, 2.24) is 0 Å². The van der Waals surface area contributed by atoms with Crippen LogP contribution >= 0.6 is 0 Å². The predicted octanol–water partition coefficient (Wildman–Crippen LogP) is 1.93. The van der Waals surface area contributed by atoms with E-state index < -0.39 is 4.92 Å². The van der Waals surface area contributed by atoms with Crippen molar-refractivity contribution >= 4 is 23.0 Å². The number of nitrogens with one attached hydrogen (secondary N) is 2. The number of nitro benzene ring substituents is 1. The van der Waals surface area contributed by atoms with E-state index in [0.717, 1.165) is 18.6 Å². The predicted molar refractivity (Wildman–Crippen MR) is 77.5 cm³/mol. The number of amides is 1.